The molecule has 0 unspecified atom stereocenters. The summed E-state index contributed by atoms with van der Waals surface area (Å²) in [6.45, 7) is 3.71. The Hall–Kier alpha value is -3.27. The van der Waals surface area contributed by atoms with Gasteiger partial charge in [0, 0.05) is 28.7 Å². The van der Waals surface area contributed by atoms with Gasteiger partial charge in [0.2, 0.25) is 5.95 Å². The topological polar surface area (TPSA) is 34.9 Å². The molecule has 0 aliphatic heterocycles. The predicted molar refractivity (Wildman–Crippen MR) is 107 cm³/mol. The van der Waals surface area contributed by atoms with E-state index in [9.17, 15) is 9.18 Å². The lowest BCUT2D eigenvalue weighted by Gasteiger charge is -2.15. The van der Waals surface area contributed by atoms with Crippen molar-refractivity contribution in [2.75, 3.05) is 0 Å². The molecule has 4 heteroatoms. The summed E-state index contributed by atoms with van der Waals surface area (Å²) in [5.74, 6) is -0.492. The molecule has 134 valence electrons. The minimum atomic E-state index is -0.492. The van der Waals surface area contributed by atoms with Crippen molar-refractivity contribution in [3.05, 3.63) is 94.4 Å². The number of fused-ring (bicyclic) bond motifs is 1. The standard InChI is InChI=1S/C23H19FN2O/c1-3-18-13-16-8-7-11-20(17-12-15(2)22(24)25-14-17)21(16)23(27)26(18)19-9-5-4-6-10-19/h4-14H,3H2,1-2H3. The van der Waals surface area contributed by atoms with Gasteiger partial charge in [-0.15, -0.1) is 0 Å². The Morgan fingerprint density at radius 2 is 1.81 bits per heavy atom. The summed E-state index contributed by atoms with van der Waals surface area (Å²) in [6.07, 6.45) is 2.22. The number of rotatable bonds is 3. The van der Waals surface area contributed by atoms with E-state index in [0.29, 0.717) is 10.9 Å². The molecular weight excluding hydrogens is 339 g/mol. The highest BCUT2D eigenvalue weighted by Crippen LogP contribution is 2.28. The largest absolute Gasteiger partial charge is 0.281 e. The Bertz CT molecular complexity index is 1200. The van der Waals surface area contributed by atoms with Crippen LogP contribution in [0.15, 0.2) is 71.7 Å². The van der Waals surface area contributed by atoms with E-state index in [4.69, 9.17) is 0 Å². The number of pyridine rings is 2. The van der Waals surface area contributed by atoms with E-state index in [2.05, 4.69) is 11.1 Å². The van der Waals surface area contributed by atoms with E-state index < -0.39 is 5.95 Å². The summed E-state index contributed by atoms with van der Waals surface area (Å²) < 4.78 is 15.4. The van der Waals surface area contributed by atoms with Gasteiger partial charge in [0.1, 0.15) is 0 Å². The zero-order chi connectivity index (χ0) is 19.0. The third kappa shape index (κ3) is 2.93. The maximum absolute atomic E-state index is 13.6. The SMILES string of the molecule is CCc1cc2cccc(-c3cnc(F)c(C)c3)c2c(=O)n1-c1ccccc1. The van der Waals surface area contributed by atoms with Crippen molar-refractivity contribution in [3.8, 4) is 16.8 Å². The number of hydrogen-bond donors (Lipinski definition) is 0. The molecule has 0 atom stereocenters. The Kier molecular flexibility index (Phi) is 4.32. The minimum absolute atomic E-state index is 0.0758. The van der Waals surface area contributed by atoms with Gasteiger partial charge < -0.3 is 0 Å². The van der Waals surface area contributed by atoms with Gasteiger partial charge in [-0.25, -0.2) is 4.98 Å². The van der Waals surface area contributed by atoms with Crippen LogP contribution >= 0.6 is 0 Å². The van der Waals surface area contributed by atoms with Crippen molar-refractivity contribution in [2.24, 2.45) is 0 Å². The highest BCUT2D eigenvalue weighted by molar-refractivity contribution is 5.96. The molecule has 27 heavy (non-hydrogen) atoms. The molecule has 0 aliphatic carbocycles. The summed E-state index contributed by atoms with van der Waals surface area (Å²) >= 11 is 0. The van der Waals surface area contributed by atoms with Gasteiger partial charge in [-0.3, -0.25) is 9.36 Å². The van der Waals surface area contributed by atoms with E-state index in [-0.39, 0.29) is 5.56 Å². The van der Waals surface area contributed by atoms with Crippen LogP contribution in [0.4, 0.5) is 4.39 Å². The average Bonchev–Trinajstić information content (AvgIpc) is 2.70. The molecule has 0 bridgehead atoms. The molecule has 0 saturated carbocycles. The number of benzene rings is 2. The second kappa shape index (κ2) is 6.80. The minimum Gasteiger partial charge on any atom is -0.281 e. The Morgan fingerprint density at radius 1 is 1.04 bits per heavy atom. The van der Waals surface area contributed by atoms with E-state index in [1.54, 1.807) is 17.6 Å². The second-order valence-electron chi connectivity index (χ2n) is 6.57. The molecule has 0 spiro atoms. The number of para-hydroxylation sites is 1. The third-order valence-corrected chi connectivity index (χ3v) is 4.82. The molecule has 0 radical (unpaired) electrons. The Balaban J connectivity index is 2.08. The molecule has 0 saturated heterocycles. The molecule has 0 N–H and O–H groups in total. The quantitative estimate of drug-likeness (QED) is 0.480. The number of hydrogen-bond acceptors (Lipinski definition) is 2. The third-order valence-electron chi connectivity index (χ3n) is 4.82. The zero-order valence-corrected chi connectivity index (χ0v) is 15.2. The maximum Gasteiger partial charge on any atom is 0.263 e. The van der Waals surface area contributed by atoms with Crippen LogP contribution in [0.2, 0.25) is 0 Å². The van der Waals surface area contributed by atoms with Gasteiger partial charge in [0.25, 0.3) is 5.56 Å². The first kappa shape index (κ1) is 17.2. The van der Waals surface area contributed by atoms with Crippen molar-refractivity contribution < 1.29 is 4.39 Å². The van der Waals surface area contributed by atoms with Crippen molar-refractivity contribution in [2.45, 2.75) is 20.3 Å². The number of halogens is 1. The van der Waals surface area contributed by atoms with Crippen LogP contribution in [0.25, 0.3) is 27.6 Å². The van der Waals surface area contributed by atoms with E-state index in [1.165, 1.54) is 6.20 Å². The van der Waals surface area contributed by atoms with Crippen molar-refractivity contribution in [1.29, 1.82) is 0 Å². The lowest BCUT2D eigenvalue weighted by molar-refractivity contribution is 0.575. The van der Waals surface area contributed by atoms with E-state index in [1.807, 2.05) is 55.5 Å². The molecule has 3 nitrogen and oxygen atoms in total. The molecule has 4 rings (SSSR count). The lowest BCUT2D eigenvalue weighted by atomic mass is 9.98. The van der Waals surface area contributed by atoms with Crippen LogP contribution in [0, 0.1) is 12.9 Å². The van der Waals surface area contributed by atoms with Gasteiger partial charge in [-0.1, -0.05) is 43.3 Å². The van der Waals surface area contributed by atoms with Gasteiger partial charge in [0.15, 0.2) is 0 Å². The van der Waals surface area contributed by atoms with Crippen LogP contribution in [0.3, 0.4) is 0 Å². The van der Waals surface area contributed by atoms with E-state index >= 15 is 0 Å². The second-order valence-corrected chi connectivity index (χ2v) is 6.57. The van der Waals surface area contributed by atoms with Crippen LogP contribution in [-0.2, 0) is 6.42 Å². The molecular formula is C23H19FN2O. The van der Waals surface area contributed by atoms with Crippen LogP contribution in [0.5, 0.6) is 0 Å². The lowest BCUT2D eigenvalue weighted by Crippen LogP contribution is -2.22. The Labute approximate surface area is 156 Å². The summed E-state index contributed by atoms with van der Waals surface area (Å²) in [5.41, 5.74) is 3.67. The highest BCUT2D eigenvalue weighted by atomic mass is 19.1. The smallest absolute Gasteiger partial charge is 0.263 e. The Morgan fingerprint density at radius 3 is 2.52 bits per heavy atom. The summed E-state index contributed by atoms with van der Waals surface area (Å²) in [4.78, 5) is 17.4. The average molecular weight is 358 g/mol. The molecule has 0 amide bonds. The molecule has 2 aromatic carbocycles. The van der Waals surface area contributed by atoms with Gasteiger partial charge in [0.05, 0.1) is 5.39 Å². The zero-order valence-electron chi connectivity index (χ0n) is 15.2. The van der Waals surface area contributed by atoms with Gasteiger partial charge >= 0.3 is 0 Å². The summed E-state index contributed by atoms with van der Waals surface area (Å²) in [7, 11) is 0. The molecule has 2 aromatic heterocycles. The van der Waals surface area contributed by atoms with Crippen LogP contribution < -0.4 is 5.56 Å². The number of aromatic nitrogens is 2. The van der Waals surface area contributed by atoms with E-state index in [0.717, 1.165) is 34.3 Å². The molecule has 2 heterocycles. The molecule has 0 aliphatic rings. The van der Waals surface area contributed by atoms with Crippen LogP contribution in [-0.4, -0.2) is 9.55 Å². The monoisotopic (exact) mass is 358 g/mol. The molecule has 0 fully saturated rings. The van der Waals surface area contributed by atoms with Gasteiger partial charge in [-0.05, 0) is 48.6 Å². The fourth-order valence-corrected chi connectivity index (χ4v) is 3.48. The normalized spacial score (nSPS) is 11.1. The first-order valence-electron chi connectivity index (χ1n) is 8.95. The first-order valence-corrected chi connectivity index (χ1v) is 8.95. The fourth-order valence-electron chi connectivity index (χ4n) is 3.48. The maximum atomic E-state index is 13.6. The van der Waals surface area contributed by atoms with Gasteiger partial charge in [-0.2, -0.15) is 4.39 Å². The number of nitrogens with zero attached hydrogens (tertiary/aromatic N) is 2. The summed E-state index contributed by atoms with van der Waals surface area (Å²) in [6, 6.07) is 19.2. The predicted octanol–water partition coefficient (Wildman–Crippen LogP) is 5.06. The van der Waals surface area contributed by atoms with Crippen molar-refractivity contribution in [1.82, 2.24) is 9.55 Å². The molecule has 4 aromatic rings. The first-order chi connectivity index (χ1) is 13.1. The van der Waals surface area contributed by atoms with Crippen molar-refractivity contribution in [3.63, 3.8) is 0 Å². The van der Waals surface area contributed by atoms with Crippen LogP contribution in [0.1, 0.15) is 18.2 Å². The summed E-state index contributed by atoms with van der Waals surface area (Å²) in [5, 5.41) is 1.50. The van der Waals surface area contributed by atoms with Crippen molar-refractivity contribution >= 4 is 10.8 Å². The highest BCUT2D eigenvalue weighted by Gasteiger charge is 2.15. The number of aryl methyl sites for hydroxylation is 2. The fraction of sp³-hybridized carbons (Fsp3) is 0.130.